The fraction of sp³-hybridized carbons (Fsp3) is 0.632. The molecular formula is C19H28F3N3O2. The van der Waals surface area contributed by atoms with Gasteiger partial charge in [-0.15, -0.1) is 0 Å². The third-order valence-electron chi connectivity index (χ3n) is 5.07. The lowest BCUT2D eigenvalue weighted by atomic mass is 9.98. The van der Waals surface area contributed by atoms with Crippen molar-refractivity contribution in [2.24, 2.45) is 5.92 Å². The second kappa shape index (κ2) is 9.30. The number of hydrogen-bond donors (Lipinski definition) is 2. The highest BCUT2D eigenvalue weighted by atomic mass is 19.4. The van der Waals surface area contributed by atoms with Crippen LogP contribution in [0.2, 0.25) is 0 Å². The van der Waals surface area contributed by atoms with E-state index >= 15 is 0 Å². The van der Waals surface area contributed by atoms with E-state index < -0.39 is 24.2 Å². The van der Waals surface area contributed by atoms with Crippen LogP contribution in [0.25, 0.3) is 0 Å². The van der Waals surface area contributed by atoms with Crippen LogP contribution in [0.3, 0.4) is 0 Å². The molecule has 152 valence electrons. The highest BCUT2D eigenvalue weighted by Gasteiger charge is 2.46. The van der Waals surface area contributed by atoms with Gasteiger partial charge < -0.3 is 20.3 Å². The number of carbonyl (C=O) groups is 1. The van der Waals surface area contributed by atoms with Gasteiger partial charge in [-0.25, -0.2) is 4.79 Å². The van der Waals surface area contributed by atoms with Crippen LogP contribution in [-0.2, 0) is 0 Å². The number of carbonyl (C=O) groups excluding carboxylic acids is 1. The van der Waals surface area contributed by atoms with Crippen LogP contribution < -0.4 is 15.4 Å². The van der Waals surface area contributed by atoms with Crippen molar-refractivity contribution in [2.75, 3.05) is 27.7 Å². The van der Waals surface area contributed by atoms with E-state index in [0.717, 1.165) is 18.4 Å². The van der Waals surface area contributed by atoms with Gasteiger partial charge >= 0.3 is 12.2 Å². The van der Waals surface area contributed by atoms with E-state index in [1.165, 1.54) is 0 Å². The zero-order chi connectivity index (χ0) is 20.0. The van der Waals surface area contributed by atoms with Crippen molar-refractivity contribution in [3.8, 4) is 5.75 Å². The number of nitrogens with one attached hydrogen (secondary N) is 2. The van der Waals surface area contributed by atoms with E-state index in [0.29, 0.717) is 18.6 Å². The Morgan fingerprint density at radius 3 is 2.52 bits per heavy atom. The smallest absolute Gasteiger partial charge is 0.408 e. The number of urea groups is 1. The SMILES string of the molecule is COc1cccc([C@H](CNC(=O)N[C@@H](C2CCCC2)C(F)(F)F)N(C)C)c1. The van der Waals surface area contributed by atoms with Crippen LogP contribution in [0, 0.1) is 5.92 Å². The van der Waals surface area contributed by atoms with Gasteiger partial charge in [0.25, 0.3) is 0 Å². The van der Waals surface area contributed by atoms with E-state index in [2.05, 4.69) is 10.6 Å². The average molecular weight is 387 g/mol. The Labute approximate surface area is 158 Å². The van der Waals surface area contributed by atoms with Crippen molar-refractivity contribution in [3.05, 3.63) is 29.8 Å². The van der Waals surface area contributed by atoms with Crippen molar-refractivity contribution in [1.82, 2.24) is 15.5 Å². The van der Waals surface area contributed by atoms with E-state index in [1.807, 2.05) is 43.3 Å². The summed E-state index contributed by atoms with van der Waals surface area (Å²) in [5.41, 5.74) is 0.905. The summed E-state index contributed by atoms with van der Waals surface area (Å²) in [5, 5.41) is 4.74. The first-order chi connectivity index (χ1) is 12.7. The van der Waals surface area contributed by atoms with Gasteiger partial charge in [0, 0.05) is 6.54 Å². The number of benzene rings is 1. The average Bonchev–Trinajstić information content (AvgIpc) is 3.12. The van der Waals surface area contributed by atoms with Gasteiger partial charge in [0.2, 0.25) is 0 Å². The summed E-state index contributed by atoms with van der Waals surface area (Å²) in [6, 6.07) is 4.61. The molecule has 2 atom stereocenters. The number of rotatable bonds is 7. The molecule has 2 rings (SSSR count). The predicted molar refractivity (Wildman–Crippen MR) is 97.8 cm³/mol. The number of ether oxygens (including phenoxy) is 1. The number of likely N-dealkylation sites (N-methyl/N-ethyl adjacent to an activating group) is 1. The molecule has 8 heteroatoms. The van der Waals surface area contributed by atoms with Crippen molar-refractivity contribution in [2.45, 2.75) is 43.9 Å². The Kier molecular flexibility index (Phi) is 7.35. The second-order valence-electron chi connectivity index (χ2n) is 7.17. The Morgan fingerprint density at radius 1 is 1.30 bits per heavy atom. The Morgan fingerprint density at radius 2 is 1.96 bits per heavy atom. The maximum absolute atomic E-state index is 13.3. The van der Waals surface area contributed by atoms with E-state index in [-0.39, 0.29) is 12.6 Å². The standard InChI is InChI=1S/C19H28F3N3O2/c1-25(2)16(14-9-6-10-15(11-14)27-3)12-23-18(26)24-17(19(20,21)22)13-7-4-5-8-13/h6,9-11,13,16-17H,4-5,7-8,12H2,1-3H3,(H2,23,24,26)/t16-,17-/m0/s1. The molecule has 1 aliphatic carbocycles. The quantitative estimate of drug-likeness (QED) is 0.750. The molecule has 0 aromatic heterocycles. The predicted octanol–water partition coefficient (Wildman–Crippen LogP) is 3.72. The zero-order valence-electron chi connectivity index (χ0n) is 16.0. The van der Waals surface area contributed by atoms with Crippen LogP contribution in [0.15, 0.2) is 24.3 Å². The van der Waals surface area contributed by atoms with Crippen molar-refractivity contribution in [3.63, 3.8) is 0 Å². The lowest BCUT2D eigenvalue weighted by Crippen LogP contribution is -2.53. The van der Waals surface area contributed by atoms with Crippen LogP contribution in [0.1, 0.15) is 37.3 Å². The van der Waals surface area contributed by atoms with Crippen LogP contribution in [0.4, 0.5) is 18.0 Å². The number of amides is 2. The maximum atomic E-state index is 13.3. The highest BCUT2D eigenvalue weighted by molar-refractivity contribution is 5.74. The zero-order valence-corrected chi connectivity index (χ0v) is 16.0. The minimum absolute atomic E-state index is 0.182. The van der Waals surface area contributed by atoms with Crippen molar-refractivity contribution in [1.29, 1.82) is 0 Å². The number of methoxy groups -OCH3 is 1. The number of halogens is 3. The lowest BCUT2D eigenvalue weighted by Gasteiger charge is -2.29. The minimum atomic E-state index is -4.44. The summed E-state index contributed by atoms with van der Waals surface area (Å²) in [5.74, 6) is 0.140. The largest absolute Gasteiger partial charge is 0.497 e. The minimum Gasteiger partial charge on any atom is -0.497 e. The first kappa shape index (κ1) is 21.3. The van der Waals surface area contributed by atoms with E-state index in [9.17, 15) is 18.0 Å². The Balaban J connectivity index is 2.00. The van der Waals surface area contributed by atoms with Crippen molar-refractivity contribution >= 4 is 6.03 Å². The molecule has 0 saturated heterocycles. The van der Waals surface area contributed by atoms with Gasteiger partial charge in [-0.05, 0) is 50.6 Å². The van der Waals surface area contributed by atoms with Gasteiger partial charge in [-0.3, -0.25) is 0 Å². The summed E-state index contributed by atoms with van der Waals surface area (Å²) in [4.78, 5) is 14.1. The third kappa shape index (κ3) is 6.02. The molecule has 0 aliphatic heterocycles. The summed E-state index contributed by atoms with van der Waals surface area (Å²) >= 11 is 0. The van der Waals surface area contributed by atoms with E-state index in [1.54, 1.807) is 7.11 Å². The molecule has 2 amide bonds. The summed E-state index contributed by atoms with van der Waals surface area (Å²) in [6.07, 6.45) is -1.90. The molecule has 0 heterocycles. The fourth-order valence-electron chi connectivity index (χ4n) is 3.59. The normalized spacial score (nSPS) is 17.6. The number of hydrogen-bond acceptors (Lipinski definition) is 3. The topological polar surface area (TPSA) is 53.6 Å². The molecule has 0 unspecified atom stereocenters. The molecule has 27 heavy (non-hydrogen) atoms. The lowest BCUT2D eigenvalue weighted by molar-refractivity contribution is -0.164. The monoisotopic (exact) mass is 387 g/mol. The highest BCUT2D eigenvalue weighted by Crippen LogP contribution is 2.35. The molecule has 1 aromatic rings. The molecular weight excluding hydrogens is 359 g/mol. The van der Waals surface area contributed by atoms with Crippen LogP contribution >= 0.6 is 0 Å². The summed E-state index contributed by atoms with van der Waals surface area (Å²) in [6.45, 7) is 0.182. The Hall–Kier alpha value is -1.96. The third-order valence-corrected chi connectivity index (χ3v) is 5.07. The van der Waals surface area contributed by atoms with Crippen molar-refractivity contribution < 1.29 is 22.7 Å². The van der Waals surface area contributed by atoms with Gasteiger partial charge in [0.05, 0.1) is 13.2 Å². The second-order valence-corrected chi connectivity index (χ2v) is 7.17. The van der Waals surface area contributed by atoms with Crippen LogP contribution in [-0.4, -0.2) is 50.9 Å². The molecule has 0 radical (unpaired) electrons. The molecule has 0 spiro atoms. The molecule has 0 bridgehead atoms. The molecule has 2 N–H and O–H groups in total. The Bertz CT molecular complexity index is 616. The molecule has 5 nitrogen and oxygen atoms in total. The number of alkyl halides is 3. The molecule has 1 saturated carbocycles. The van der Waals surface area contributed by atoms with Gasteiger partial charge in [-0.2, -0.15) is 13.2 Å². The first-order valence-corrected chi connectivity index (χ1v) is 9.14. The molecule has 1 aromatic carbocycles. The molecule has 1 aliphatic rings. The molecule has 1 fully saturated rings. The van der Waals surface area contributed by atoms with Crippen LogP contribution in [0.5, 0.6) is 5.75 Å². The van der Waals surface area contributed by atoms with E-state index in [4.69, 9.17) is 4.74 Å². The number of nitrogens with zero attached hydrogens (tertiary/aromatic N) is 1. The summed E-state index contributed by atoms with van der Waals surface area (Å²) < 4.78 is 45.2. The first-order valence-electron chi connectivity index (χ1n) is 9.14. The fourth-order valence-corrected chi connectivity index (χ4v) is 3.59. The van der Waals surface area contributed by atoms with Gasteiger partial charge in [0.1, 0.15) is 11.8 Å². The summed E-state index contributed by atoms with van der Waals surface area (Å²) in [7, 11) is 5.26. The van der Waals surface area contributed by atoms with Gasteiger partial charge in [0.15, 0.2) is 0 Å². The maximum Gasteiger partial charge on any atom is 0.408 e. The van der Waals surface area contributed by atoms with Gasteiger partial charge in [-0.1, -0.05) is 25.0 Å².